The van der Waals surface area contributed by atoms with Gasteiger partial charge in [-0.25, -0.2) is 0 Å². The molecule has 2 rings (SSSR count). The second-order valence-electron chi connectivity index (χ2n) is 6.85. The number of carbonyl (C=O) groups is 1. The quantitative estimate of drug-likeness (QED) is 0.567. The number of hydrogen-bond donors (Lipinski definition) is 1. The summed E-state index contributed by atoms with van der Waals surface area (Å²) < 4.78 is 11.4. The average Bonchev–Trinajstić information content (AvgIpc) is 2.67. The number of rotatable bonds is 10. The Morgan fingerprint density at radius 2 is 1.77 bits per heavy atom. The van der Waals surface area contributed by atoms with E-state index in [0.717, 1.165) is 47.9 Å². The van der Waals surface area contributed by atoms with E-state index in [1.54, 1.807) is 7.11 Å². The summed E-state index contributed by atoms with van der Waals surface area (Å²) in [5, 5.41) is 5.04. The fourth-order valence-electron chi connectivity index (χ4n) is 2.99. The van der Waals surface area contributed by atoms with Crippen LogP contribution in [0.1, 0.15) is 52.9 Å². The lowest BCUT2D eigenvalue weighted by Crippen LogP contribution is -2.42. The fraction of sp³-hybridized carbons (Fsp3) is 0.500. The van der Waals surface area contributed by atoms with Gasteiger partial charge in [0.2, 0.25) is 0 Å². The van der Waals surface area contributed by atoms with Crippen molar-refractivity contribution in [2.24, 2.45) is 0 Å². The molecule has 4 nitrogen and oxygen atoms in total. The summed E-state index contributed by atoms with van der Waals surface area (Å²) in [4.78, 5) is 12.9. The largest absolute Gasteiger partial charge is 0.493 e. The number of ether oxygens (including phenoxy) is 2. The zero-order chi connectivity index (χ0) is 19.0. The molecule has 1 unspecified atom stereocenters. The van der Waals surface area contributed by atoms with E-state index >= 15 is 0 Å². The first kappa shape index (κ1) is 20.2. The second-order valence-corrected chi connectivity index (χ2v) is 6.85. The van der Waals surface area contributed by atoms with Crippen LogP contribution >= 0.6 is 0 Å². The molecule has 0 bridgehead atoms. The monoisotopic (exact) mass is 357 g/mol. The van der Waals surface area contributed by atoms with Crippen molar-refractivity contribution in [3.8, 4) is 5.75 Å². The van der Waals surface area contributed by atoms with Crippen LogP contribution in [-0.2, 0) is 9.53 Å². The van der Waals surface area contributed by atoms with Crippen LogP contribution in [0.15, 0.2) is 36.4 Å². The highest BCUT2D eigenvalue weighted by Crippen LogP contribution is 2.32. The van der Waals surface area contributed by atoms with Gasteiger partial charge in [-0.05, 0) is 31.9 Å². The molecule has 0 fully saturated rings. The van der Waals surface area contributed by atoms with E-state index in [9.17, 15) is 4.79 Å². The minimum Gasteiger partial charge on any atom is -0.493 e. The van der Waals surface area contributed by atoms with Crippen LogP contribution in [-0.4, -0.2) is 25.2 Å². The number of unbranched alkanes of at least 4 members (excludes halogenated alkanes) is 2. The molecule has 0 spiro atoms. The van der Waals surface area contributed by atoms with Gasteiger partial charge in [0.15, 0.2) is 0 Å². The van der Waals surface area contributed by atoms with Crippen LogP contribution in [0.5, 0.6) is 5.75 Å². The number of fused-ring (bicyclic) bond motifs is 1. The maximum Gasteiger partial charge on any atom is 0.256 e. The van der Waals surface area contributed by atoms with Crippen LogP contribution < -0.4 is 10.1 Å². The lowest BCUT2D eigenvalue weighted by atomic mass is 9.96. The van der Waals surface area contributed by atoms with Crippen molar-refractivity contribution in [3.05, 3.63) is 36.4 Å². The van der Waals surface area contributed by atoms with Gasteiger partial charge in [-0.2, -0.15) is 0 Å². The van der Waals surface area contributed by atoms with Crippen LogP contribution in [0.2, 0.25) is 0 Å². The zero-order valence-electron chi connectivity index (χ0n) is 16.4. The van der Waals surface area contributed by atoms with Crippen LogP contribution in [0.3, 0.4) is 0 Å². The predicted octanol–water partition coefficient (Wildman–Crippen LogP) is 5.55. The van der Waals surface area contributed by atoms with Gasteiger partial charge in [-0.15, -0.1) is 0 Å². The van der Waals surface area contributed by atoms with Gasteiger partial charge in [0.1, 0.15) is 11.4 Å². The third kappa shape index (κ3) is 4.76. The topological polar surface area (TPSA) is 47.6 Å². The molecule has 2 aromatic carbocycles. The van der Waals surface area contributed by atoms with Gasteiger partial charge < -0.3 is 14.8 Å². The van der Waals surface area contributed by atoms with Crippen molar-refractivity contribution >= 4 is 22.4 Å². The maximum absolute atomic E-state index is 12.9. The Balaban J connectivity index is 2.25. The number of methoxy groups -OCH3 is 1. The third-order valence-corrected chi connectivity index (χ3v) is 4.78. The first-order chi connectivity index (χ1) is 12.6. The van der Waals surface area contributed by atoms with Crippen molar-refractivity contribution in [1.29, 1.82) is 0 Å². The van der Waals surface area contributed by atoms with Gasteiger partial charge in [0.05, 0.1) is 6.61 Å². The van der Waals surface area contributed by atoms with Crippen molar-refractivity contribution in [3.63, 3.8) is 0 Å². The lowest BCUT2D eigenvalue weighted by molar-refractivity contribution is -0.136. The number of amides is 1. The summed E-state index contributed by atoms with van der Waals surface area (Å²) >= 11 is 0. The Kier molecular flexibility index (Phi) is 7.46. The summed E-state index contributed by atoms with van der Waals surface area (Å²) in [7, 11) is 1.60. The molecule has 0 aromatic heterocycles. The van der Waals surface area contributed by atoms with E-state index in [4.69, 9.17) is 9.47 Å². The Labute approximate surface area is 156 Å². The predicted molar refractivity (Wildman–Crippen MR) is 108 cm³/mol. The number of nitrogens with one attached hydrogen (secondary N) is 1. The molecule has 0 radical (unpaired) electrons. The molecular weight excluding hydrogens is 326 g/mol. The van der Waals surface area contributed by atoms with Gasteiger partial charge in [-0.1, -0.05) is 57.4 Å². The molecule has 0 aliphatic carbocycles. The number of carbonyl (C=O) groups excluding carboxylic acids is 1. The van der Waals surface area contributed by atoms with Crippen LogP contribution in [0.4, 0.5) is 5.69 Å². The molecule has 0 saturated carbocycles. The molecular formula is C22H31NO3. The van der Waals surface area contributed by atoms with Gasteiger partial charge in [0.25, 0.3) is 5.91 Å². The fourth-order valence-corrected chi connectivity index (χ4v) is 2.99. The lowest BCUT2D eigenvalue weighted by Gasteiger charge is -2.27. The minimum atomic E-state index is -0.826. The SMILES string of the molecule is CCCCCC(C)(OC)C(=O)Nc1ccc(OCCC)c2ccccc12. The van der Waals surface area contributed by atoms with Crippen LogP contribution in [0, 0.1) is 0 Å². The number of benzene rings is 2. The summed E-state index contributed by atoms with van der Waals surface area (Å²) in [5.74, 6) is 0.737. The zero-order valence-corrected chi connectivity index (χ0v) is 16.4. The molecule has 0 saturated heterocycles. The summed E-state index contributed by atoms with van der Waals surface area (Å²) in [6, 6.07) is 11.8. The molecule has 4 heteroatoms. The highest BCUT2D eigenvalue weighted by Gasteiger charge is 2.32. The standard InChI is InChI=1S/C22H31NO3/c1-5-7-10-15-22(3,25-4)21(24)23-19-13-14-20(26-16-6-2)18-12-9-8-11-17(18)19/h8-9,11-14H,5-7,10,15-16H2,1-4H3,(H,23,24). The van der Waals surface area contributed by atoms with Crippen molar-refractivity contribution in [2.75, 3.05) is 19.0 Å². The van der Waals surface area contributed by atoms with Crippen LogP contribution in [0.25, 0.3) is 10.8 Å². The van der Waals surface area contributed by atoms with Gasteiger partial charge >= 0.3 is 0 Å². The summed E-state index contributed by atoms with van der Waals surface area (Å²) in [6.45, 7) is 6.77. The molecule has 0 aliphatic heterocycles. The molecule has 0 heterocycles. The molecule has 26 heavy (non-hydrogen) atoms. The Morgan fingerprint density at radius 3 is 2.42 bits per heavy atom. The molecule has 1 atom stereocenters. The third-order valence-electron chi connectivity index (χ3n) is 4.78. The molecule has 0 aliphatic rings. The Morgan fingerprint density at radius 1 is 1.04 bits per heavy atom. The summed E-state index contributed by atoms with van der Waals surface area (Å²) in [5.41, 5.74) is -0.0404. The molecule has 1 amide bonds. The van der Waals surface area contributed by atoms with E-state index in [2.05, 4.69) is 19.2 Å². The number of hydrogen-bond acceptors (Lipinski definition) is 3. The van der Waals surface area contributed by atoms with E-state index in [1.165, 1.54) is 0 Å². The highest BCUT2D eigenvalue weighted by atomic mass is 16.5. The van der Waals surface area contributed by atoms with E-state index in [1.807, 2.05) is 43.3 Å². The molecule has 1 N–H and O–H groups in total. The molecule has 142 valence electrons. The summed E-state index contributed by atoms with van der Waals surface area (Å²) in [6.07, 6.45) is 4.85. The number of anilines is 1. The highest BCUT2D eigenvalue weighted by molar-refractivity contribution is 6.06. The average molecular weight is 357 g/mol. The van der Waals surface area contributed by atoms with E-state index in [0.29, 0.717) is 13.0 Å². The maximum atomic E-state index is 12.9. The Bertz CT molecular complexity index is 728. The van der Waals surface area contributed by atoms with Gasteiger partial charge in [0, 0.05) is 23.6 Å². The Hall–Kier alpha value is -2.07. The van der Waals surface area contributed by atoms with E-state index < -0.39 is 5.60 Å². The van der Waals surface area contributed by atoms with Crippen molar-refractivity contribution in [1.82, 2.24) is 0 Å². The first-order valence-electron chi connectivity index (χ1n) is 9.57. The minimum absolute atomic E-state index is 0.108. The van der Waals surface area contributed by atoms with E-state index in [-0.39, 0.29) is 5.91 Å². The van der Waals surface area contributed by atoms with Crippen molar-refractivity contribution < 1.29 is 14.3 Å². The van der Waals surface area contributed by atoms with Gasteiger partial charge in [-0.3, -0.25) is 4.79 Å². The first-order valence-corrected chi connectivity index (χ1v) is 9.57. The second kappa shape index (κ2) is 9.58. The van der Waals surface area contributed by atoms with Crippen molar-refractivity contribution in [2.45, 2.75) is 58.5 Å². The normalized spacial score (nSPS) is 13.4. The smallest absolute Gasteiger partial charge is 0.256 e. The molecule has 2 aromatic rings.